The Morgan fingerprint density at radius 2 is 1.90 bits per heavy atom. The molecule has 31 heavy (non-hydrogen) atoms. The van der Waals surface area contributed by atoms with Gasteiger partial charge in [0, 0.05) is 4.88 Å². The second-order valence-corrected chi connectivity index (χ2v) is 10.9. The first-order valence-electron chi connectivity index (χ1n) is 9.74. The summed E-state index contributed by atoms with van der Waals surface area (Å²) in [5.74, 6) is -0.281. The molecule has 1 aliphatic carbocycles. The SMILES string of the molecule is COc1ccc(C2C(Cl)C(=O)N2NC(=O)c2c(NS(C)(=O)=O)sc3c2CCCC3)cc1. The minimum Gasteiger partial charge on any atom is -0.497 e. The van der Waals surface area contributed by atoms with E-state index in [4.69, 9.17) is 16.3 Å². The number of nitrogens with zero attached hydrogens (tertiary/aromatic N) is 1. The molecule has 0 radical (unpaired) electrons. The van der Waals surface area contributed by atoms with Crippen LogP contribution in [0.15, 0.2) is 24.3 Å². The Balaban J connectivity index is 1.62. The average molecular weight is 484 g/mol. The quantitative estimate of drug-likeness (QED) is 0.485. The van der Waals surface area contributed by atoms with Crippen molar-refractivity contribution in [3.63, 3.8) is 0 Å². The second kappa shape index (κ2) is 8.33. The van der Waals surface area contributed by atoms with E-state index in [-0.39, 0.29) is 10.6 Å². The number of ether oxygens (including phenoxy) is 1. The van der Waals surface area contributed by atoms with E-state index in [1.807, 2.05) is 0 Å². The van der Waals surface area contributed by atoms with Crippen LogP contribution in [0.2, 0.25) is 0 Å². The standard InChI is InChI=1S/C20H22ClN3O5S2/c1-29-12-9-7-11(8-10-12)17-16(21)20(26)24(17)22-18(25)15-13-5-3-4-6-14(13)30-19(15)23-31(2,27)28/h7-10,16-17,23H,3-6H2,1-2H3,(H,22,25). The third kappa shape index (κ3) is 4.24. The van der Waals surface area contributed by atoms with Crippen LogP contribution >= 0.6 is 22.9 Å². The van der Waals surface area contributed by atoms with Crippen molar-refractivity contribution in [3.8, 4) is 5.75 Å². The monoisotopic (exact) mass is 483 g/mol. The maximum Gasteiger partial charge on any atom is 0.273 e. The van der Waals surface area contributed by atoms with Crippen molar-refractivity contribution in [1.82, 2.24) is 10.4 Å². The van der Waals surface area contributed by atoms with Gasteiger partial charge in [0.2, 0.25) is 10.0 Å². The van der Waals surface area contributed by atoms with Crippen molar-refractivity contribution in [2.24, 2.45) is 0 Å². The highest BCUT2D eigenvalue weighted by molar-refractivity contribution is 7.92. The number of fused-ring (bicyclic) bond motifs is 1. The van der Waals surface area contributed by atoms with E-state index in [1.54, 1.807) is 31.4 Å². The van der Waals surface area contributed by atoms with E-state index >= 15 is 0 Å². The lowest BCUT2D eigenvalue weighted by Gasteiger charge is -2.44. The Kier molecular flexibility index (Phi) is 5.89. The molecule has 2 N–H and O–H groups in total. The van der Waals surface area contributed by atoms with Gasteiger partial charge in [0.25, 0.3) is 11.8 Å². The smallest absolute Gasteiger partial charge is 0.273 e. The van der Waals surface area contributed by atoms with Crippen molar-refractivity contribution in [2.45, 2.75) is 37.1 Å². The third-order valence-corrected chi connectivity index (χ3v) is 7.72. The molecule has 11 heteroatoms. The molecule has 1 aromatic heterocycles. The number of anilines is 1. The zero-order valence-corrected chi connectivity index (χ0v) is 19.4. The Hall–Kier alpha value is -2.30. The van der Waals surface area contributed by atoms with Gasteiger partial charge in [0.05, 0.1) is 18.9 Å². The Morgan fingerprint density at radius 3 is 2.55 bits per heavy atom. The summed E-state index contributed by atoms with van der Waals surface area (Å²) >= 11 is 7.53. The van der Waals surface area contributed by atoms with Gasteiger partial charge in [-0.15, -0.1) is 22.9 Å². The van der Waals surface area contributed by atoms with Crippen LogP contribution in [0.3, 0.4) is 0 Å². The Labute approximate surface area is 189 Å². The molecule has 2 aromatic rings. The summed E-state index contributed by atoms with van der Waals surface area (Å²) in [4.78, 5) is 26.6. The summed E-state index contributed by atoms with van der Waals surface area (Å²) in [6.45, 7) is 0. The number of hydrazine groups is 1. The molecule has 0 saturated carbocycles. The summed E-state index contributed by atoms with van der Waals surface area (Å²) in [5, 5.41) is 0.681. The fourth-order valence-corrected chi connectivity index (χ4v) is 6.47. The van der Waals surface area contributed by atoms with Crippen LogP contribution in [0.5, 0.6) is 5.75 Å². The van der Waals surface area contributed by atoms with Gasteiger partial charge in [-0.25, -0.2) is 13.4 Å². The van der Waals surface area contributed by atoms with Crippen LogP contribution in [0.25, 0.3) is 0 Å². The number of amides is 2. The summed E-state index contributed by atoms with van der Waals surface area (Å²) in [6, 6.07) is 6.54. The summed E-state index contributed by atoms with van der Waals surface area (Å²) < 4.78 is 31.3. The van der Waals surface area contributed by atoms with Crippen LogP contribution in [0.4, 0.5) is 5.00 Å². The molecule has 8 nitrogen and oxygen atoms in total. The number of carbonyl (C=O) groups excluding carboxylic acids is 2. The number of benzene rings is 1. The summed E-state index contributed by atoms with van der Waals surface area (Å²) in [6.07, 6.45) is 4.44. The molecule has 1 aliphatic heterocycles. The van der Waals surface area contributed by atoms with Crippen LogP contribution in [0, 0.1) is 0 Å². The topological polar surface area (TPSA) is 105 Å². The number of thiophene rings is 1. The number of β-lactam (4-membered cyclic amide) rings is 1. The number of hydrogen-bond acceptors (Lipinski definition) is 6. The predicted molar refractivity (Wildman–Crippen MR) is 119 cm³/mol. The number of hydrogen-bond donors (Lipinski definition) is 2. The van der Waals surface area contributed by atoms with Gasteiger partial charge in [-0.2, -0.15) is 0 Å². The minimum atomic E-state index is -3.57. The first-order chi connectivity index (χ1) is 14.7. The molecule has 2 aliphatic rings. The van der Waals surface area contributed by atoms with Gasteiger partial charge >= 0.3 is 0 Å². The fourth-order valence-electron chi connectivity index (χ4n) is 3.91. The van der Waals surface area contributed by atoms with Crippen LogP contribution < -0.4 is 14.9 Å². The molecule has 0 bridgehead atoms. The molecule has 2 unspecified atom stereocenters. The lowest BCUT2D eigenvalue weighted by molar-refractivity contribution is -0.149. The minimum absolute atomic E-state index is 0.281. The van der Waals surface area contributed by atoms with Gasteiger partial charge in [-0.1, -0.05) is 12.1 Å². The number of halogens is 1. The molecule has 1 aromatic carbocycles. The normalized spacial score (nSPS) is 20.6. The molecule has 166 valence electrons. The van der Waals surface area contributed by atoms with Gasteiger partial charge in [0.15, 0.2) is 0 Å². The highest BCUT2D eigenvalue weighted by atomic mass is 35.5. The molecule has 2 heterocycles. The number of aryl methyl sites for hydroxylation is 1. The summed E-state index contributed by atoms with van der Waals surface area (Å²) in [7, 11) is -2.01. The second-order valence-electron chi connectivity index (χ2n) is 7.56. The molecule has 2 amide bonds. The van der Waals surface area contributed by atoms with Gasteiger partial charge in [0.1, 0.15) is 22.2 Å². The molecule has 0 spiro atoms. The molecular weight excluding hydrogens is 462 g/mol. The lowest BCUT2D eigenvalue weighted by atomic mass is 9.94. The van der Waals surface area contributed by atoms with E-state index in [0.29, 0.717) is 12.2 Å². The van der Waals surface area contributed by atoms with Crippen LogP contribution in [0.1, 0.15) is 45.2 Å². The van der Waals surface area contributed by atoms with E-state index < -0.39 is 33.3 Å². The number of alkyl halides is 1. The first-order valence-corrected chi connectivity index (χ1v) is 12.9. The number of carbonyl (C=O) groups is 2. The van der Waals surface area contributed by atoms with E-state index in [1.165, 1.54) is 16.3 Å². The Morgan fingerprint density at radius 1 is 1.23 bits per heavy atom. The van der Waals surface area contributed by atoms with E-state index in [0.717, 1.165) is 41.5 Å². The average Bonchev–Trinajstić information content (AvgIpc) is 3.09. The van der Waals surface area contributed by atoms with Crippen LogP contribution in [-0.2, 0) is 27.7 Å². The van der Waals surface area contributed by atoms with Crippen molar-refractivity contribution in [2.75, 3.05) is 18.1 Å². The zero-order chi connectivity index (χ0) is 22.3. The maximum absolute atomic E-state index is 13.2. The van der Waals surface area contributed by atoms with Gasteiger partial charge in [-0.05, 0) is 48.9 Å². The predicted octanol–water partition coefficient (Wildman–Crippen LogP) is 2.84. The molecule has 2 atom stereocenters. The van der Waals surface area contributed by atoms with Gasteiger partial charge < -0.3 is 4.74 Å². The largest absolute Gasteiger partial charge is 0.497 e. The highest BCUT2D eigenvalue weighted by Crippen LogP contribution is 2.41. The van der Waals surface area contributed by atoms with Crippen LogP contribution in [-0.4, -0.2) is 44.0 Å². The molecule has 4 rings (SSSR count). The maximum atomic E-state index is 13.2. The van der Waals surface area contributed by atoms with Crippen molar-refractivity contribution >= 4 is 49.8 Å². The lowest BCUT2D eigenvalue weighted by Crippen LogP contribution is -2.63. The molecule has 1 saturated heterocycles. The van der Waals surface area contributed by atoms with E-state index in [9.17, 15) is 18.0 Å². The van der Waals surface area contributed by atoms with Crippen molar-refractivity contribution < 1.29 is 22.7 Å². The molecule has 1 fully saturated rings. The third-order valence-electron chi connectivity index (χ3n) is 5.38. The van der Waals surface area contributed by atoms with E-state index in [2.05, 4.69) is 10.1 Å². The number of nitrogens with one attached hydrogen (secondary N) is 2. The molecular formula is C20H22ClN3O5S2. The van der Waals surface area contributed by atoms with Gasteiger partial charge in [-0.3, -0.25) is 19.7 Å². The number of methoxy groups -OCH3 is 1. The zero-order valence-electron chi connectivity index (χ0n) is 17.0. The van der Waals surface area contributed by atoms with Crippen molar-refractivity contribution in [1.29, 1.82) is 0 Å². The highest BCUT2D eigenvalue weighted by Gasteiger charge is 2.48. The number of rotatable bonds is 6. The first kappa shape index (κ1) is 21.9. The fraction of sp³-hybridized carbons (Fsp3) is 0.400. The number of sulfonamides is 1. The van der Waals surface area contributed by atoms with Crippen molar-refractivity contribution in [3.05, 3.63) is 45.8 Å². The Bertz CT molecular complexity index is 1130. The summed E-state index contributed by atoms with van der Waals surface area (Å²) in [5.41, 5.74) is 4.53.